The van der Waals surface area contributed by atoms with E-state index in [-0.39, 0.29) is 6.61 Å². The Morgan fingerprint density at radius 3 is 2.30 bits per heavy atom. The lowest BCUT2D eigenvalue weighted by Gasteiger charge is -2.22. The second-order valence-electron chi connectivity index (χ2n) is 8.34. The fourth-order valence-corrected chi connectivity index (χ4v) is 3.14. The number of amides is 1. The molecule has 0 aliphatic carbocycles. The number of hydrogen-bond donors (Lipinski definition) is 2. The molecule has 2 N–H and O–H groups in total. The SMILES string of the molecule is CC(C)(C)OC(=O)N[C@H](CO)Cc1ccc(OCc2ccc3ccccc3c2)cc1. The number of ether oxygens (including phenoxy) is 2. The average molecular weight is 408 g/mol. The van der Waals surface area contributed by atoms with E-state index in [0.29, 0.717) is 13.0 Å². The molecule has 0 heterocycles. The van der Waals surface area contributed by atoms with E-state index in [0.717, 1.165) is 16.9 Å². The van der Waals surface area contributed by atoms with E-state index < -0.39 is 17.7 Å². The molecule has 158 valence electrons. The van der Waals surface area contributed by atoms with Crippen LogP contribution in [-0.2, 0) is 17.8 Å². The van der Waals surface area contributed by atoms with Crippen molar-refractivity contribution in [2.24, 2.45) is 0 Å². The van der Waals surface area contributed by atoms with Gasteiger partial charge in [-0.15, -0.1) is 0 Å². The average Bonchev–Trinajstić information content (AvgIpc) is 2.71. The fraction of sp³-hybridized carbons (Fsp3) is 0.320. The Balaban J connectivity index is 1.54. The first-order chi connectivity index (χ1) is 14.3. The van der Waals surface area contributed by atoms with Gasteiger partial charge in [-0.1, -0.05) is 48.5 Å². The maximum atomic E-state index is 11.9. The molecule has 3 aromatic rings. The fourth-order valence-electron chi connectivity index (χ4n) is 3.14. The van der Waals surface area contributed by atoms with Gasteiger partial charge in [-0.3, -0.25) is 0 Å². The minimum absolute atomic E-state index is 0.167. The molecule has 5 heteroatoms. The van der Waals surface area contributed by atoms with Crippen molar-refractivity contribution in [3.05, 3.63) is 77.9 Å². The van der Waals surface area contributed by atoms with Gasteiger partial charge in [0, 0.05) is 0 Å². The van der Waals surface area contributed by atoms with Crippen LogP contribution in [0.2, 0.25) is 0 Å². The zero-order valence-corrected chi connectivity index (χ0v) is 17.7. The summed E-state index contributed by atoms with van der Waals surface area (Å²) in [5, 5.41) is 14.7. The Morgan fingerprint density at radius 1 is 0.967 bits per heavy atom. The van der Waals surface area contributed by atoms with Crippen molar-refractivity contribution >= 4 is 16.9 Å². The van der Waals surface area contributed by atoms with E-state index in [1.165, 1.54) is 10.8 Å². The van der Waals surface area contributed by atoms with Gasteiger partial charge in [-0.25, -0.2) is 4.79 Å². The highest BCUT2D eigenvalue weighted by atomic mass is 16.6. The maximum Gasteiger partial charge on any atom is 0.407 e. The largest absolute Gasteiger partial charge is 0.489 e. The van der Waals surface area contributed by atoms with Gasteiger partial charge in [0.1, 0.15) is 18.0 Å². The van der Waals surface area contributed by atoms with Crippen molar-refractivity contribution in [1.29, 1.82) is 0 Å². The lowest BCUT2D eigenvalue weighted by atomic mass is 10.1. The summed E-state index contributed by atoms with van der Waals surface area (Å²) in [6, 6.07) is 21.8. The molecule has 1 amide bonds. The van der Waals surface area contributed by atoms with Gasteiger partial charge in [0.25, 0.3) is 0 Å². The van der Waals surface area contributed by atoms with E-state index in [4.69, 9.17) is 9.47 Å². The predicted octanol–water partition coefficient (Wildman–Crippen LogP) is 4.85. The first-order valence-corrected chi connectivity index (χ1v) is 10.1. The van der Waals surface area contributed by atoms with E-state index in [2.05, 4.69) is 35.6 Å². The lowest BCUT2D eigenvalue weighted by Crippen LogP contribution is -2.42. The number of aliphatic hydroxyl groups is 1. The lowest BCUT2D eigenvalue weighted by molar-refractivity contribution is 0.0483. The van der Waals surface area contributed by atoms with Crippen LogP contribution in [0.3, 0.4) is 0 Å². The highest BCUT2D eigenvalue weighted by molar-refractivity contribution is 5.82. The molecule has 30 heavy (non-hydrogen) atoms. The Bertz CT molecular complexity index is 976. The topological polar surface area (TPSA) is 67.8 Å². The van der Waals surface area contributed by atoms with Crippen molar-refractivity contribution in [3.8, 4) is 5.75 Å². The highest BCUT2D eigenvalue weighted by Crippen LogP contribution is 2.19. The molecule has 1 atom stereocenters. The number of carbonyl (C=O) groups excluding carboxylic acids is 1. The standard InChI is InChI=1S/C25H29NO4/c1-25(2,3)30-24(28)26-22(16-27)15-18-9-12-23(13-10-18)29-17-19-8-11-20-6-4-5-7-21(20)14-19/h4-14,22,27H,15-17H2,1-3H3,(H,26,28)/t22-/m0/s1. The van der Waals surface area contributed by atoms with Crippen LogP contribution in [0, 0.1) is 0 Å². The zero-order chi connectivity index (χ0) is 21.6. The quantitative estimate of drug-likeness (QED) is 0.588. The summed E-state index contributed by atoms with van der Waals surface area (Å²) in [5.74, 6) is 0.771. The van der Waals surface area contributed by atoms with Crippen LogP contribution < -0.4 is 10.1 Å². The molecule has 0 fully saturated rings. The number of rotatable bonds is 7. The second-order valence-corrected chi connectivity index (χ2v) is 8.34. The van der Waals surface area contributed by atoms with Gasteiger partial charge in [0.05, 0.1) is 12.6 Å². The molecule has 0 unspecified atom stereocenters. The molecule has 0 aromatic heterocycles. The summed E-state index contributed by atoms with van der Waals surface area (Å²) in [6.07, 6.45) is -0.0300. The van der Waals surface area contributed by atoms with Crippen LogP contribution in [0.5, 0.6) is 5.75 Å². The maximum absolute atomic E-state index is 11.9. The summed E-state index contributed by atoms with van der Waals surface area (Å²) in [4.78, 5) is 11.9. The van der Waals surface area contributed by atoms with Crippen LogP contribution in [0.4, 0.5) is 4.79 Å². The molecule has 5 nitrogen and oxygen atoms in total. The van der Waals surface area contributed by atoms with Crippen molar-refractivity contribution in [1.82, 2.24) is 5.32 Å². The Hall–Kier alpha value is -3.05. The number of nitrogens with one attached hydrogen (secondary N) is 1. The van der Waals surface area contributed by atoms with Crippen molar-refractivity contribution in [3.63, 3.8) is 0 Å². The number of benzene rings is 3. The summed E-state index contributed by atoms with van der Waals surface area (Å²) >= 11 is 0. The normalized spacial score (nSPS) is 12.4. The summed E-state index contributed by atoms with van der Waals surface area (Å²) in [5.41, 5.74) is 1.52. The molecule has 3 rings (SSSR count). The summed E-state index contributed by atoms with van der Waals surface area (Å²) in [6.45, 7) is 5.73. The third kappa shape index (κ3) is 6.49. The Kier molecular flexibility index (Phi) is 6.95. The van der Waals surface area contributed by atoms with Gasteiger partial charge in [-0.2, -0.15) is 0 Å². The molecule has 0 aliphatic heterocycles. The molecule has 3 aromatic carbocycles. The van der Waals surface area contributed by atoms with E-state index in [1.807, 2.05) is 36.4 Å². The first kappa shape index (κ1) is 21.7. The van der Waals surface area contributed by atoms with Gasteiger partial charge >= 0.3 is 6.09 Å². The van der Waals surface area contributed by atoms with Crippen LogP contribution in [0.15, 0.2) is 66.7 Å². The van der Waals surface area contributed by atoms with E-state index in [9.17, 15) is 9.90 Å². The molecular formula is C25H29NO4. The van der Waals surface area contributed by atoms with Gasteiger partial charge in [-0.05, 0) is 67.3 Å². The van der Waals surface area contributed by atoms with Crippen LogP contribution in [0.25, 0.3) is 10.8 Å². The molecular weight excluding hydrogens is 378 g/mol. The summed E-state index contributed by atoms with van der Waals surface area (Å²) in [7, 11) is 0. The number of fused-ring (bicyclic) bond motifs is 1. The third-order valence-electron chi connectivity index (χ3n) is 4.57. The number of aliphatic hydroxyl groups excluding tert-OH is 1. The first-order valence-electron chi connectivity index (χ1n) is 10.1. The Labute approximate surface area is 177 Å². The minimum atomic E-state index is -0.575. The number of hydrogen-bond acceptors (Lipinski definition) is 4. The van der Waals surface area contributed by atoms with Crippen LogP contribution >= 0.6 is 0 Å². The van der Waals surface area contributed by atoms with Crippen molar-refractivity contribution in [2.75, 3.05) is 6.61 Å². The molecule has 0 aliphatic rings. The van der Waals surface area contributed by atoms with Crippen LogP contribution in [0.1, 0.15) is 31.9 Å². The van der Waals surface area contributed by atoms with Crippen LogP contribution in [-0.4, -0.2) is 29.4 Å². The smallest absolute Gasteiger partial charge is 0.407 e. The Morgan fingerprint density at radius 2 is 1.63 bits per heavy atom. The molecule has 0 bridgehead atoms. The molecule has 0 saturated carbocycles. The van der Waals surface area contributed by atoms with E-state index in [1.54, 1.807) is 20.8 Å². The van der Waals surface area contributed by atoms with Crippen molar-refractivity contribution < 1.29 is 19.4 Å². The van der Waals surface area contributed by atoms with Crippen molar-refractivity contribution in [2.45, 2.75) is 45.4 Å². The molecule has 0 saturated heterocycles. The minimum Gasteiger partial charge on any atom is -0.489 e. The summed E-state index contributed by atoms with van der Waals surface area (Å²) < 4.78 is 11.2. The second kappa shape index (κ2) is 9.63. The number of carbonyl (C=O) groups is 1. The third-order valence-corrected chi connectivity index (χ3v) is 4.57. The predicted molar refractivity (Wildman–Crippen MR) is 119 cm³/mol. The molecule has 0 spiro atoms. The van der Waals surface area contributed by atoms with Gasteiger partial charge < -0.3 is 19.9 Å². The van der Waals surface area contributed by atoms with E-state index >= 15 is 0 Å². The monoisotopic (exact) mass is 407 g/mol. The number of alkyl carbamates (subject to hydrolysis) is 1. The van der Waals surface area contributed by atoms with Gasteiger partial charge in [0.15, 0.2) is 0 Å². The highest BCUT2D eigenvalue weighted by Gasteiger charge is 2.19. The molecule has 0 radical (unpaired) electrons. The van der Waals surface area contributed by atoms with Gasteiger partial charge in [0.2, 0.25) is 0 Å². The zero-order valence-electron chi connectivity index (χ0n) is 17.7.